The number of aromatic nitrogens is 3. The molecule has 0 saturated carbocycles. The molecular formula is C22H31N5O2. The molecule has 0 radical (unpaired) electrons. The normalized spacial score (nSPS) is 15.1. The smallest absolute Gasteiger partial charge is 0.255 e. The Kier molecular flexibility index (Phi) is 5.63. The average molecular weight is 398 g/mol. The summed E-state index contributed by atoms with van der Waals surface area (Å²) in [6.07, 6.45) is 4.18. The van der Waals surface area contributed by atoms with Crippen LogP contribution in [0.2, 0.25) is 0 Å². The summed E-state index contributed by atoms with van der Waals surface area (Å²) in [5.74, 6) is 0.693. The van der Waals surface area contributed by atoms with Crippen molar-refractivity contribution >= 4 is 11.6 Å². The van der Waals surface area contributed by atoms with Gasteiger partial charge in [0.05, 0.1) is 11.3 Å². The molecule has 0 saturated heterocycles. The number of hydrogen-bond donors (Lipinski definition) is 2. The van der Waals surface area contributed by atoms with Gasteiger partial charge in [-0.1, -0.05) is 41.5 Å². The first-order chi connectivity index (χ1) is 13.4. The Morgan fingerprint density at radius 3 is 2.62 bits per heavy atom. The highest BCUT2D eigenvalue weighted by atomic mass is 16.2. The Morgan fingerprint density at radius 2 is 1.97 bits per heavy atom. The molecule has 1 aliphatic heterocycles. The van der Waals surface area contributed by atoms with Crippen LogP contribution in [0.3, 0.4) is 0 Å². The molecule has 2 aromatic heterocycles. The van der Waals surface area contributed by atoms with Gasteiger partial charge in [0.2, 0.25) is 5.91 Å². The molecule has 0 aliphatic carbocycles. The van der Waals surface area contributed by atoms with Crippen LogP contribution in [-0.2, 0) is 29.7 Å². The molecule has 0 unspecified atom stereocenters. The van der Waals surface area contributed by atoms with Gasteiger partial charge in [0.25, 0.3) is 5.56 Å². The van der Waals surface area contributed by atoms with Gasteiger partial charge >= 0.3 is 0 Å². The van der Waals surface area contributed by atoms with Crippen molar-refractivity contribution in [2.45, 2.75) is 66.5 Å². The number of hydrogen-bond acceptors (Lipinski definition) is 5. The third-order valence-electron chi connectivity index (χ3n) is 5.09. The molecule has 2 N–H and O–H groups in total. The molecule has 0 fully saturated rings. The molecule has 0 atom stereocenters. The molecule has 156 valence electrons. The SMILES string of the molecule is CC(C)(C)C(=O)Nc1ccncc1CN1CCc2nc(C(C)(C)C)[nH]c(=O)c2C1. The zero-order valence-corrected chi connectivity index (χ0v) is 18.2. The van der Waals surface area contributed by atoms with Gasteiger partial charge in [-0.25, -0.2) is 4.98 Å². The molecule has 1 amide bonds. The number of pyridine rings is 1. The second-order valence-electron chi connectivity index (χ2n) is 9.79. The van der Waals surface area contributed by atoms with E-state index in [9.17, 15) is 9.59 Å². The van der Waals surface area contributed by atoms with Crippen LogP contribution in [0.25, 0.3) is 0 Å². The summed E-state index contributed by atoms with van der Waals surface area (Å²) in [7, 11) is 0. The molecule has 7 heteroatoms. The van der Waals surface area contributed by atoms with E-state index < -0.39 is 5.41 Å². The van der Waals surface area contributed by atoms with E-state index in [1.54, 1.807) is 12.4 Å². The Bertz CT molecular complexity index is 966. The molecule has 3 rings (SSSR count). The van der Waals surface area contributed by atoms with Crippen molar-refractivity contribution < 1.29 is 4.79 Å². The highest BCUT2D eigenvalue weighted by Crippen LogP contribution is 2.24. The molecule has 2 aromatic rings. The third-order valence-corrected chi connectivity index (χ3v) is 5.09. The number of aromatic amines is 1. The van der Waals surface area contributed by atoms with E-state index in [1.807, 2.05) is 47.6 Å². The summed E-state index contributed by atoms with van der Waals surface area (Å²) in [6, 6.07) is 1.82. The number of anilines is 1. The lowest BCUT2D eigenvalue weighted by molar-refractivity contribution is -0.123. The fourth-order valence-electron chi connectivity index (χ4n) is 3.20. The number of rotatable bonds is 3. The van der Waals surface area contributed by atoms with E-state index in [4.69, 9.17) is 4.98 Å². The number of H-pyrrole nitrogens is 1. The van der Waals surface area contributed by atoms with Crippen molar-refractivity contribution in [3.05, 3.63) is 51.5 Å². The summed E-state index contributed by atoms with van der Waals surface area (Å²) >= 11 is 0. The second kappa shape index (κ2) is 7.71. The largest absolute Gasteiger partial charge is 0.325 e. The number of fused-ring (bicyclic) bond motifs is 1. The molecule has 0 spiro atoms. The van der Waals surface area contributed by atoms with Crippen LogP contribution < -0.4 is 10.9 Å². The Balaban J connectivity index is 1.79. The number of carbonyl (C=O) groups is 1. The lowest BCUT2D eigenvalue weighted by atomic mass is 9.94. The van der Waals surface area contributed by atoms with Crippen molar-refractivity contribution in [3.63, 3.8) is 0 Å². The highest BCUT2D eigenvalue weighted by Gasteiger charge is 2.26. The topological polar surface area (TPSA) is 91.0 Å². The summed E-state index contributed by atoms with van der Waals surface area (Å²) in [6.45, 7) is 13.7. The number of nitrogens with zero attached hydrogens (tertiary/aromatic N) is 3. The quantitative estimate of drug-likeness (QED) is 0.831. The monoisotopic (exact) mass is 397 g/mol. The first-order valence-corrected chi connectivity index (χ1v) is 10.0. The first-order valence-electron chi connectivity index (χ1n) is 10.0. The molecule has 7 nitrogen and oxygen atoms in total. The summed E-state index contributed by atoms with van der Waals surface area (Å²) in [5.41, 5.74) is 2.59. The standard InChI is InChI=1S/C22H31N5O2/c1-21(2,3)19-24-17-8-10-27(13-15(17)18(28)26-19)12-14-11-23-9-7-16(14)25-20(29)22(4,5)6/h7,9,11H,8,10,12-13H2,1-6H3,(H,23,25,29)(H,24,26,28). The van der Waals surface area contributed by atoms with Crippen molar-refractivity contribution in [2.24, 2.45) is 5.41 Å². The minimum atomic E-state index is -0.478. The van der Waals surface area contributed by atoms with Gasteiger partial charge in [0.15, 0.2) is 0 Å². The van der Waals surface area contributed by atoms with Crippen molar-refractivity contribution in [3.8, 4) is 0 Å². The van der Waals surface area contributed by atoms with Gasteiger partial charge in [0, 0.05) is 60.5 Å². The maximum atomic E-state index is 12.7. The predicted molar refractivity (Wildman–Crippen MR) is 114 cm³/mol. The van der Waals surface area contributed by atoms with Gasteiger partial charge in [-0.15, -0.1) is 0 Å². The van der Waals surface area contributed by atoms with Crippen molar-refractivity contribution in [2.75, 3.05) is 11.9 Å². The van der Waals surface area contributed by atoms with E-state index in [-0.39, 0.29) is 16.9 Å². The molecule has 29 heavy (non-hydrogen) atoms. The van der Waals surface area contributed by atoms with Crippen LogP contribution in [0.1, 0.15) is 64.2 Å². The fraction of sp³-hybridized carbons (Fsp3) is 0.545. The lowest BCUT2D eigenvalue weighted by Gasteiger charge is -2.29. The van der Waals surface area contributed by atoms with E-state index in [0.29, 0.717) is 13.1 Å². The average Bonchev–Trinajstić information content (AvgIpc) is 2.62. The number of carbonyl (C=O) groups excluding carboxylic acids is 1. The van der Waals surface area contributed by atoms with E-state index in [1.165, 1.54) is 0 Å². The number of nitrogens with one attached hydrogen (secondary N) is 2. The highest BCUT2D eigenvalue weighted by molar-refractivity contribution is 5.95. The molecule has 0 aromatic carbocycles. The van der Waals surface area contributed by atoms with Crippen LogP contribution in [0.15, 0.2) is 23.3 Å². The second-order valence-corrected chi connectivity index (χ2v) is 9.79. The Hall–Kier alpha value is -2.54. The van der Waals surface area contributed by atoms with E-state index in [2.05, 4.69) is 20.2 Å². The minimum absolute atomic E-state index is 0.0377. The molecular weight excluding hydrogens is 366 g/mol. The van der Waals surface area contributed by atoms with Crippen LogP contribution in [-0.4, -0.2) is 32.3 Å². The van der Waals surface area contributed by atoms with Gasteiger partial charge in [0.1, 0.15) is 5.82 Å². The van der Waals surface area contributed by atoms with Gasteiger partial charge in [-0.2, -0.15) is 0 Å². The summed E-state index contributed by atoms with van der Waals surface area (Å²) < 4.78 is 0. The Morgan fingerprint density at radius 1 is 1.24 bits per heavy atom. The van der Waals surface area contributed by atoms with Crippen molar-refractivity contribution in [1.82, 2.24) is 19.9 Å². The predicted octanol–water partition coefficient (Wildman–Crippen LogP) is 3.01. The van der Waals surface area contributed by atoms with Crippen LogP contribution in [0.5, 0.6) is 0 Å². The summed E-state index contributed by atoms with van der Waals surface area (Å²) in [4.78, 5) is 39.1. The maximum absolute atomic E-state index is 12.7. The third kappa shape index (κ3) is 4.90. The Labute approximate surface area is 172 Å². The zero-order valence-electron chi connectivity index (χ0n) is 18.2. The van der Waals surface area contributed by atoms with Crippen LogP contribution in [0.4, 0.5) is 5.69 Å². The maximum Gasteiger partial charge on any atom is 0.255 e. The molecule has 3 heterocycles. The first kappa shape index (κ1) is 21.2. The van der Waals surface area contributed by atoms with Gasteiger partial charge in [-0.3, -0.25) is 19.5 Å². The van der Waals surface area contributed by atoms with Gasteiger partial charge < -0.3 is 10.3 Å². The van der Waals surface area contributed by atoms with E-state index >= 15 is 0 Å². The fourth-order valence-corrected chi connectivity index (χ4v) is 3.20. The zero-order chi connectivity index (χ0) is 21.4. The number of amides is 1. The van der Waals surface area contributed by atoms with Crippen LogP contribution in [0, 0.1) is 5.41 Å². The molecule has 1 aliphatic rings. The van der Waals surface area contributed by atoms with Crippen molar-refractivity contribution in [1.29, 1.82) is 0 Å². The van der Waals surface area contributed by atoms with Crippen LogP contribution >= 0.6 is 0 Å². The van der Waals surface area contributed by atoms with E-state index in [0.717, 1.165) is 41.3 Å². The lowest BCUT2D eigenvalue weighted by Crippen LogP contribution is -2.37. The minimum Gasteiger partial charge on any atom is -0.325 e. The molecule has 0 bridgehead atoms. The van der Waals surface area contributed by atoms with Gasteiger partial charge in [-0.05, 0) is 6.07 Å². The summed E-state index contributed by atoms with van der Waals surface area (Å²) in [5, 5.41) is 3.01.